The van der Waals surface area contributed by atoms with E-state index in [1.165, 1.54) is 19.3 Å². The first-order valence-corrected chi connectivity index (χ1v) is 8.02. The molecule has 3 heteroatoms. The first-order chi connectivity index (χ1) is 9.49. The van der Waals surface area contributed by atoms with Crippen molar-refractivity contribution in [2.24, 2.45) is 10.9 Å². The number of unbranched alkanes of at least 4 members (excludes halogenated alkanes) is 2. The summed E-state index contributed by atoms with van der Waals surface area (Å²) in [6, 6.07) is 0. The Kier molecular flexibility index (Phi) is 11.5. The molecule has 0 aliphatic carbocycles. The van der Waals surface area contributed by atoms with Crippen molar-refractivity contribution in [3.63, 3.8) is 0 Å². The van der Waals surface area contributed by atoms with Crippen molar-refractivity contribution in [3.05, 3.63) is 11.8 Å². The van der Waals surface area contributed by atoms with Crippen LogP contribution in [0.1, 0.15) is 53.4 Å². The van der Waals surface area contributed by atoms with Gasteiger partial charge < -0.3 is 9.64 Å². The van der Waals surface area contributed by atoms with Gasteiger partial charge in [0.25, 0.3) is 0 Å². The van der Waals surface area contributed by atoms with Crippen LogP contribution in [-0.4, -0.2) is 44.4 Å². The van der Waals surface area contributed by atoms with E-state index in [1.807, 2.05) is 13.1 Å². The Labute approximate surface area is 126 Å². The fourth-order valence-electron chi connectivity index (χ4n) is 2.18. The number of rotatable bonds is 11. The lowest BCUT2D eigenvalue weighted by Gasteiger charge is -2.18. The number of nitrogens with zero attached hydrogens (tertiary/aromatic N) is 2. The Balaban J connectivity index is 4.46. The quantitative estimate of drug-likeness (QED) is 0.323. The summed E-state index contributed by atoms with van der Waals surface area (Å²) in [6.45, 7) is 10.5. The Bertz CT molecular complexity index is 285. The third-order valence-electron chi connectivity index (χ3n) is 3.05. The number of aliphatic imine (C=N–C) groups is 1. The number of allylic oxidation sites excluding steroid dienone is 1. The average molecular weight is 282 g/mol. The highest BCUT2D eigenvalue weighted by atomic mass is 16.5. The molecule has 0 rings (SSSR count). The zero-order valence-electron chi connectivity index (χ0n) is 14.4. The van der Waals surface area contributed by atoms with Crippen molar-refractivity contribution in [1.29, 1.82) is 0 Å². The molecule has 0 aliphatic heterocycles. The Morgan fingerprint density at radius 1 is 1.20 bits per heavy atom. The second-order valence-corrected chi connectivity index (χ2v) is 5.86. The zero-order valence-corrected chi connectivity index (χ0v) is 14.4. The molecular weight excluding hydrogens is 248 g/mol. The van der Waals surface area contributed by atoms with Crippen LogP contribution in [0.3, 0.4) is 0 Å². The lowest BCUT2D eigenvalue weighted by atomic mass is 10.1. The average Bonchev–Trinajstić information content (AvgIpc) is 2.35. The van der Waals surface area contributed by atoms with Gasteiger partial charge in [-0.2, -0.15) is 0 Å². The fraction of sp³-hybridized carbons (Fsp3) is 0.824. The minimum Gasteiger partial charge on any atom is -0.489 e. The molecule has 0 fully saturated rings. The van der Waals surface area contributed by atoms with E-state index in [4.69, 9.17) is 4.74 Å². The lowest BCUT2D eigenvalue weighted by Crippen LogP contribution is -2.19. The van der Waals surface area contributed by atoms with Crippen molar-refractivity contribution < 1.29 is 4.74 Å². The summed E-state index contributed by atoms with van der Waals surface area (Å²) in [7, 11) is 4.19. The van der Waals surface area contributed by atoms with Crippen molar-refractivity contribution in [2.45, 2.75) is 59.5 Å². The molecule has 0 saturated heterocycles. The van der Waals surface area contributed by atoms with Crippen LogP contribution in [0.4, 0.5) is 0 Å². The van der Waals surface area contributed by atoms with Crippen LogP contribution in [0.15, 0.2) is 16.8 Å². The molecule has 20 heavy (non-hydrogen) atoms. The summed E-state index contributed by atoms with van der Waals surface area (Å²) in [5, 5.41) is 0. The van der Waals surface area contributed by atoms with Crippen molar-refractivity contribution in [2.75, 3.05) is 27.2 Å². The maximum absolute atomic E-state index is 6.04. The summed E-state index contributed by atoms with van der Waals surface area (Å²) >= 11 is 0. The topological polar surface area (TPSA) is 24.8 Å². The SMILES string of the molecule is CCCCC[C@H](C)O/C(C=NCC)=C/C(C)CN(C)C. The van der Waals surface area contributed by atoms with Gasteiger partial charge in [-0.25, -0.2) is 0 Å². The molecule has 0 aliphatic rings. The van der Waals surface area contributed by atoms with Crippen LogP contribution in [0.5, 0.6) is 0 Å². The van der Waals surface area contributed by atoms with E-state index in [0.29, 0.717) is 5.92 Å². The Morgan fingerprint density at radius 3 is 2.45 bits per heavy atom. The molecule has 0 amide bonds. The maximum Gasteiger partial charge on any atom is 0.133 e. The normalized spacial score (nSPS) is 15.8. The number of hydrogen-bond donors (Lipinski definition) is 0. The molecule has 0 spiro atoms. The summed E-state index contributed by atoms with van der Waals surface area (Å²) in [6.07, 6.45) is 9.23. The lowest BCUT2D eigenvalue weighted by molar-refractivity contribution is 0.134. The van der Waals surface area contributed by atoms with Gasteiger partial charge in [0, 0.05) is 13.1 Å². The third kappa shape index (κ3) is 11.0. The van der Waals surface area contributed by atoms with Gasteiger partial charge in [-0.3, -0.25) is 4.99 Å². The Morgan fingerprint density at radius 2 is 1.90 bits per heavy atom. The molecule has 0 aromatic rings. The van der Waals surface area contributed by atoms with E-state index in [0.717, 1.165) is 25.3 Å². The van der Waals surface area contributed by atoms with E-state index >= 15 is 0 Å². The van der Waals surface area contributed by atoms with Crippen molar-refractivity contribution in [3.8, 4) is 0 Å². The minimum atomic E-state index is 0.266. The van der Waals surface area contributed by atoms with Gasteiger partial charge >= 0.3 is 0 Å². The Hall–Kier alpha value is -0.830. The molecule has 0 aromatic heterocycles. The van der Waals surface area contributed by atoms with Crippen LogP contribution in [0.2, 0.25) is 0 Å². The van der Waals surface area contributed by atoms with Crippen LogP contribution in [-0.2, 0) is 4.74 Å². The van der Waals surface area contributed by atoms with Gasteiger partial charge in [-0.1, -0.05) is 26.7 Å². The molecule has 0 bridgehead atoms. The number of hydrogen-bond acceptors (Lipinski definition) is 3. The molecule has 2 atom stereocenters. The van der Waals surface area contributed by atoms with E-state index in [2.05, 4.69) is 50.8 Å². The van der Waals surface area contributed by atoms with Crippen molar-refractivity contribution >= 4 is 6.21 Å². The molecule has 0 N–H and O–H groups in total. The molecule has 1 unspecified atom stereocenters. The van der Waals surface area contributed by atoms with E-state index in [-0.39, 0.29) is 6.10 Å². The van der Waals surface area contributed by atoms with Gasteiger partial charge in [0.1, 0.15) is 5.76 Å². The molecule has 0 heterocycles. The molecule has 118 valence electrons. The zero-order chi connectivity index (χ0) is 15.4. The molecular formula is C17H34N2O. The number of ether oxygens (including phenoxy) is 1. The monoisotopic (exact) mass is 282 g/mol. The van der Waals surface area contributed by atoms with Crippen LogP contribution < -0.4 is 0 Å². The van der Waals surface area contributed by atoms with Gasteiger partial charge in [0.2, 0.25) is 0 Å². The second kappa shape index (κ2) is 12.0. The molecule has 0 saturated carbocycles. The summed E-state index contributed by atoms with van der Waals surface area (Å²) < 4.78 is 6.04. The van der Waals surface area contributed by atoms with Crippen LogP contribution in [0, 0.1) is 5.92 Å². The molecule has 0 radical (unpaired) electrons. The second-order valence-electron chi connectivity index (χ2n) is 5.86. The molecule has 3 nitrogen and oxygen atoms in total. The van der Waals surface area contributed by atoms with Crippen molar-refractivity contribution in [1.82, 2.24) is 4.90 Å². The highest BCUT2D eigenvalue weighted by Gasteiger charge is 2.07. The van der Waals surface area contributed by atoms with Gasteiger partial charge in [-0.05, 0) is 52.8 Å². The third-order valence-corrected chi connectivity index (χ3v) is 3.05. The minimum absolute atomic E-state index is 0.266. The standard InChI is InChI=1S/C17H34N2O/c1-7-9-10-11-16(4)20-17(13-18-8-2)12-15(3)14-19(5)6/h12-13,15-16H,7-11,14H2,1-6H3/b17-12+,18-13?/t15?,16-/m0/s1. The summed E-state index contributed by atoms with van der Waals surface area (Å²) in [5.74, 6) is 1.39. The molecule has 0 aromatic carbocycles. The largest absolute Gasteiger partial charge is 0.489 e. The van der Waals surface area contributed by atoms with Crippen LogP contribution >= 0.6 is 0 Å². The van der Waals surface area contributed by atoms with Gasteiger partial charge in [-0.15, -0.1) is 0 Å². The summed E-state index contributed by atoms with van der Waals surface area (Å²) in [4.78, 5) is 6.52. The summed E-state index contributed by atoms with van der Waals surface area (Å²) in [5.41, 5.74) is 0. The van der Waals surface area contributed by atoms with E-state index in [9.17, 15) is 0 Å². The smallest absolute Gasteiger partial charge is 0.133 e. The van der Waals surface area contributed by atoms with Crippen LogP contribution in [0.25, 0.3) is 0 Å². The first-order valence-electron chi connectivity index (χ1n) is 8.02. The highest BCUT2D eigenvalue weighted by Crippen LogP contribution is 2.12. The van der Waals surface area contributed by atoms with Gasteiger partial charge in [0.05, 0.1) is 12.3 Å². The van der Waals surface area contributed by atoms with Gasteiger partial charge in [0.15, 0.2) is 0 Å². The first kappa shape index (κ1) is 19.2. The maximum atomic E-state index is 6.04. The predicted molar refractivity (Wildman–Crippen MR) is 89.5 cm³/mol. The fourth-order valence-corrected chi connectivity index (χ4v) is 2.18. The predicted octanol–water partition coefficient (Wildman–Crippen LogP) is 4.14. The highest BCUT2D eigenvalue weighted by molar-refractivity contribution is 5.75. The van der Waals surface area contributed by atoms with E-state index < -0.39 is 0 Å². The van der Waals surface area contributed by atoms with E-state index in [1.54, 1.807) is 0 Å².